The molecule has 102 valence electrons. The Morgan fingerprint density at radius 1 is 1.50 bits per heavy atom. The Balaban J connectivity index is 2.33. The highest BCUT2D eigenvalue weighted by molar-refractivity contribution is 6.32. The highest BCUT2D eigenvalue weighted by Crippen LogP contribution is 2.26. The molecule has 0 radical (unpaired) electrons. The Morgan fingerprint density at radius 3 is 2.90 bits per heavy atom. The highest BCUT2D eigenvalue weighted by atomic mass is 35.5. The number of carbonyl (C=O) groups is 1. The normalized spacial score (nSPS) is 9.85. The molecule has 0 aliphatic heterocycles. The first-order chi connectivity index (χ1) is 9.61. The maximum atomic E-state index is 11.2. The van der Waals surface area contributed by atoms with Crippen LogP contribution in [0.3, 0.4) is 0 Å². The van der Waals surface area contributed by atoms with E-state index in [2.05, 4.69) is 5.32 Å². The second-order valence-electron chi connectivity index (χ2n) is 3.92. The topological polar surface area (TPSA) is 79.5 Å². The van der Waals surface area contributed by atoms with Crippen molar-refractivity contribution in [3.05, 3.63) is 52.4 Å². The fraction of sp³-hybridized carbons (Fsp3) is 0.0714. The Kier molecular flexibility index (Phi) is 4.25. The van der Waals surface area contributed by atoms with Gasteiger partial charge in [0.2, 0.25) is 0 Å². The molecule has 0 spiro atoms. The van der Waals surface area contributed by atoms with Gasteiger partial charge in [0.25, 0.3) is 0 Å². The molecule has 0 aliphatic carbocycles. The summed E-state index contributed by atoms with van der Waals surface area (Å²) in [5, 5.41) is 12.4. The minimum Gasteiger partial charge on any atom is -0.478 e. The van der Waals surface area contributed by atoms with Crippen molar-refractivity contribution in [1.82, 2.24) is 0 Å². The van der Waals surface area contributed by atoms with E-state index in [-0.39, 0.29) is 10.6 Å². The van der Waals surface area contributed by atoms with Crippen LogP contribution in [0.4, 0.5) is 5.69 Å². The van der Waals surface area contributed by atoms with Gasteiger partial charge in [0.05, 0.1) is 29.1 Å². The van der Waals surface area contributed by atoms with Crippen LogP contribution in [0.1, 0.15) is 21.7 Å². The molecule has 2 aromatic rings. The lowest BCUT2D eigenvalue weighted by Gasteiger charge is -2.10. The molecule has 1 aromatic heterocycles. The van der Waals surface area contributed by atoms with E-state index in [9.17, 15) is 14.7 Å². The van der Waals surface area contributed by atoms with E-state index in [1.54, 1.807) is 18.1 Å². The summed E-state index contributed by atoms with van der Waals surface area (Å²) >= 11 is 5.98. The number of benzene rings is 1. The van der Waals surface area contributed by atoms with Gasteiger partial charge in [-0.3, -0.25) is 0 Å². The van der Waals surface area contributed by atoms with Crippen LogP contribution in [0.25, 0.3) is 6.08 Å². The lowest BCUT2D eigenvalue weighted by Crippen LogP contribution is -2.06. The summed E-state index contributed by atoms with van der Waals surface area (Å²) in [4.78, 5) is 21.6. The molecule has 20 heavy (non-hydrogen) atoms. The maximum absolute atomic E-state index is 11.2. The molecule has 0 amide bonds. The van der Waals surface area contributed by atoms with Crippen LogP contribution >= 0.6 is 11.6 Å². The summed E-state index contributed by atoms with van der Waals surface area (Å²) in [5.41, 5.74) is 0.673. The number of carbonyl (C=O) groups excluding carboxylic acids is 1. The molecular weight excluding hydrogens is 282 g/mol. The van der Waals surface area contributed by atoms with Gasteiger partial charge >= 0.3 is 5.97 Å². The van der Waals surface area contributed by atoms with Crippen molar-refractivity contribution in [2.24, 2.45) is 0 Å². The Morgan fingerprint density at radius 2 is 2.30 bits per heavy atom. The second kappa shape index (κ2) is 6.10. The van der Waals surface area contributed by atoms with Crippen molar-refractivity contribution < 1.29 is 19.1 Å². The van der Waals surface area contributed by atoms with Gasteiger partial charge in [0.1, 0.15) is 11.7 Å². The zero-order chi connectivity index (χ0) is 14.5. The van der Waals surface area contributed by atoms with Crippen molar-refractivity contribution >= 4 is 35.3 Å². The standard InChI is InChI=1S/C14H10ClNO4/c15-12-7-13(16-8-10-2-1-5-20-10)11(14(18)19)6-9(12)3-4-17/h1-3,5-7,16H,8H2,(H,18,19). The zero-order valence-corrected chi connectivity index (χ0v) is 11.0. The molecule has 0 aliphatic rings. The number of hydrogen-bond donors (Lipinski definition) is 2. The Hall–Kier alpha value is -2.49. The van der Waals surface area contributed by atoms with E-state index in [0.717, 1.165) is 6.08 Å². The molecule has 1 heterocycles. The van der Waals surface area contributed by atoms with Gasteiger partial charge in [-0.25, -0.2) is 9.59 Å². The van der Waals surface area contributed by atoms with Crippen LogP contribution in [0.15, 0.2) is 34.9 Å². The summed E-state index contributed by atoms with van der Waals surface area (Å²) in [6.07, 6.45) is 2.62. The molecular formula is C14H10ClNO4. The van der Waals surface area contributed by atoms with E-state index >= 15 is 0 Å². The minimum absolute atomic E-state index is 0.0162. The smallest absolute Gasteiger partial charge is 0.337 e. The van der Waals surface area contributed by atoms with Gasteiger partial charge in [0, 0.05) is 11.6 Å². The Labute approximate surface area is 119 Å². The predicted octanol–water partition coefficient (Wildman–Crippen LogP) is 3.09. The fourth-order valence-electron chi connectivity index (χ4n) is 1.68. The summed E-state index contributed by atoms with van der Waals surface area (Å²) in [6, 6.07) is 6.27. The van der Waals surface area contributed by atoms with Gasteiger partial charge in [-0.2, -0.15) is 0 Å². The van der Waals surface area contributed by atoms with Crippen molar-refractivity contribution in [1.29, 1.82) is 0 Å². The molecule has 6 heteroatoms. The molecule has 0 fully saturated rings. The summed E-state index contributed by atoms with van der Waals surface area (Å²) in [5.74, 6) is 1.12. The third-order valence-electron chi connectivity index (χ3n) is 2.61. The number of halogens is 1. The fourth-order valence-corrected chi connectivity index (χ4v) is 1.90. The predicted molar refractivity (Wildman–Crippen MR) is 74.6 cm³/mol. The van der Waals surface area contributed by atoms with Crippen LogP contribution in [0.5, 0.6) is 0 Å². The second-order valence-corrected chi connectivity index (χ2v) is 4.33. The number of furan rings is 1. The molecule has 0 saturated heterocycles. The number of anilines is 1. The lowest BCUT2D eigenvalue weighted by atomic mass is 10.1. The first-order valence-electron chi connectivity index (χ1n) is 5.66. The number of carboxylic acid groups (broad SMARTS) is 1. The highest BCUT2D eigenvalue weighted by Gasteiger charge is 2.13. The molecule has 2 N–H and O–H groups in total. The largest absolute Gasteiger partial charge is 0.478 e. The number of nitrogens with one attached hydrogen (secondary N) is 1. The van der Waals surface area contributed by atoms with Crippen LogP contribution in [0, 0.1) is 0 Å². The van der Waals surface area contributed by atoms with E-state index in [4.69, 9.17) is 16.0 Å². The van der Waals surface area contributed by atoms with Gasteiger partial charge < -0.3 is 14.8 Å². The summed E-state index contributed by atoms with van der Waals surface area (Å²) in [6.45, 7) is 0.326. The van der Waals surface area contributed by atoms with E-state index in [1.807, 2.05) is 0 Å². The van der Waals surface area contributed by atoms with Crippen molar-refractivity contribution in [3.8, 4) is 0 Å². The van der Waals surface area contributed by atoms with Gasteiger partial charge in [-0.1, -0.05) is 11.6 Å². The van der Waals surface area contributed by atoms with Crippen molar-refractivity contribution in [2.75, 3.05) is 5.32 Å². The average molecular weight is 292 g/mol. The first kappa shape index (κ1) is 13.9. The minimum atomic E-state index is -1.12. The molecule has 0 unspecified atom stereocenters. The number of hydrogen-bond acceptors (Lipinski definition) is 4. The van der Waals surface area contributed by atoms with Crippen LogP contribution < -0.4 is 5.32 Å². The van der Waals surface area contributed by atoms with Crippen molar-refractivity contribution in [2.45, 2.75) is 6.54 Å². The molecule has 5 nitrogen and oxygen atoms in total. The van der Waals surface area contributed by atoms with E-state index in [0.29, 0.717) is 23.6 Å². The molecule has 2 rings (SSSR count). The van der Waals surface area contributed by atoms with E-state index in [1.165, 1.54) is 18.4 Å². The third kappa shape index (κ3) is 3.09. The van der Waals surface area contributed by atoms with Gasteiger partial charge in [-0.05, 0) is 24.3 Å². The van der Waals surface area contributed by atoms with Crippen LogP contribution in [-0.4, -0.2) is 17.0 Å². The average Bonchev–Trinajstić information content (AvgIpc) is 2.92. The first-order valence-corrected chi connectivity index (χ1v) is 6.03. The molecule has 1 aromatic carbocycles. The SMILES string of the molecule is O=C=Cc1cc(C(=O)O)c(NCc2ccco2)cc1Cl. The monoisotopic (exact) mass is 291 g/mol. The van der Waals surface area contributed by atoms with E-state index < -0.39 is 5.97 Å². The summed E-state index contributed by atoms with van der Waals surface area (Å²) < 4.78 is 5.15. The third-order valence-corrected chi connectivity index (χ3v) is 2.94. The molecule has 0 saturated carbocycles. The van der Waals surface area contributed by atoms with Gasteiger partial charge in [-0.15, -0.1) is 0 Å². The van der Waals surface area contributed by atoms with Gasteiger partial charge in [0.15, 0.2) is 0 Å². The van der Waals surface area contributed by atoms with Crippen LogP contribution in [0.2, 0.25) is 5.02 Å². The number of carboxylic acids is 1. The summed E-state index contributed by atoms with van der Waals surface area (Å²) in [7, 11) is 0. The van der Waals surface area contributed by atoms with Crippen LogP contribution in [-0.2, 0) is 11.3 Å². The zero-order valence-electron chi connectivity index (χ0n) is 10.2. The maximum Gasteiger partial charge on any atom is 0.337 e. The Bertz CT molecular complexity index is 673. The number of rotatable bonds is 5. The van der Waals surface area contributed by atoms with Crippen molar-refractivity contribution in [3.63, 3.8) is 0 Å². The molecule has 0 bridgehead atoms. The number of aromatic carboxylic acids is 1. The quantitative estimate of drug-likeness (QED) is 0.828. The molecule has 0 atom stereocenters. The lowest BCUT2D eigenvalue weighted by molar-refractivity contribution is 0.0698.